The second-order valence-electron chi connectivity index (χ2n) is 8.12. The Labute approximate surface area is 189 Å². The number of hydrogen-bond donors (Lipinski definition) is 1. The molecular formula is C24H23ClN2O5. The molecule has 32 heavy (non-hydrogen) atoms. The standard InChI is InChI=1S/C24H23ClN2O5/c25-16-5-6-19-18(14-16)22(29)20-21(15-3-1-4-17(28)13-15)27(24(30)23(20)32-19)8-2-7-26-9-11-31-12-10-26/h1,3-6,13-14,21,28H,2,7-12H2/t21-/m0/s1. The maximum atomic E-state index is 13.5. The molecule has 0 bridgehead atoms. The van der Waals surface area contributed by atoms with E-state index in [1.54, 1.807) is 41.3 Å². The van der Waals surface area contributed by atoms with E-state index in [-0.39, 0.29) is 22.8 Å². The molecular weight excluding hydrogens is 432 g/mol. The number of halogens is 1. The number of rotatable bonds is 5. The molecule has 7 nitrogen and oxygen atoms in total. The Morgan fingerprint density at radius 3 is 2.66 bits per heavy atom. The molecule has 1 fully saturated rings. The lowest BCUT2D eigenvalue weighted by Crippen LogP contribution is -2.38. The van der Waals surface area contributed by atoms with Gasteiger partial charge < -0.3 is 19.2 Å². The first-order valence-corrected chi connectivity index (χ1v) is 11.1. The molecule has 0 radical (unpaired) electrons. The average molecular weight is 455 g/mol. The van der Waals surface area contributed by atoms with E-state index < -0.39 is 6.04 Å². The zero-order valence-corrected chi connectivity index (χ0v) is 18.2. The fraction of sp³-hybridized carbons (Fsp3) is 0.333. The van der Waals surface area contributed by atoms with Crippen molar-refractivity contribution in [2.24, 2.45) is 0 Å². The number of benzene rings is 2. The molecule has 166 valence electrons. The normalized spacial score (nSPS) is 19.0. The monoisotopic (exact) mass is 454 g/mol. The Bertz CT molecular complexity index is 1230. The maximum Gasteiger partial charge on any atom is 0.290 e. The highest BCUT2D eigenvalue weighted by atomic mass is 35.5. The van der Waals surface area contributed by atoms with Crippen LogP contribution in [0.4, 0.5) is 0 Å². The molecule has 2 aromatic carbocycles. The van der Waals surface area contributed by atoms with Gasteiger partial charge in [0.1, 0.15) is 11.3 Å². The topological polar surface area (TPSA) is 83.2 Å². The Kier molecular flexibility index (Phi) is 5.63. The number of phenols is 1. The number of carbonyl (C=O) groups excluding carboxylic acids is 1. The van der Waals surface area contributed by atoms with Gasteiger partial charge in [-0.15, -0.1) is 0 Å². The van der Waals surface area contributed by atoms with E-state index >= 15 is 0 Å². The van der Waals surface area contributed by atoms with Crippen molar-refractivity contribution in [3.63, 3.8) is 0 Å². The second kappa shape index (κ2) is 8.58. The third kappa shape index (κ3) is 3.77. The molecule has 0 saturated carbocycles. The van der Waals surface area contributed by atoms with Crippen molar-refractivity contribution < 1.29 is 19.1 Å². The molecule has 1 saturated heterocycles. The maximum absolute atomic E-state index is 13.5. The molecule has 2 aliphatic heterocycles. The largest absolute Gasteiger partial charge is 0.508 e. The van der Waals surface area contributed by atoms with Crippen molar-refractivity contribution >= 4 is 28.5 Å². The minimum atomic E-state index is -0.631. The molecule has 0 aliphatic carbocycles. The number of ether oxygens (including phenoxy) is 1. The molecule has 3 aromatic rings. The summed E-state index contributed by atoms with van der Waals surface area (Å²) in [5.41, 5.74) is 1.01. The molecule has 1 atom stereocenters. The molecule has 0 unspecified atom stereocenters. The van der Waals surface area contributed by atoms with E-state index in [9.17, 15) is 14.7 Å². The summed E-state index contributed by atoms with van der Waals surface area (Å²) in [5.74, 6) is -0.182. The van der Waals surface area contributed by atoms with Gasteiger partial charge in [-0.25, -0.2) is 0 Å². The van der Waals surface area contributed by atoms with Crippen molar-refractivity contribution in [2.75, 3.05) is 39.4 Å². The van der Waals surface area contributed by atoms with Gasteiger partial charge >= 0.3 is 0 Å². The first-order chi connectivity index (χ1) is 15.5. The van der Waals surface area contributed by atoms with Gasteiger partial charge in [0.25, 0.3) is 5.91 Å². The molecule has 1 N–H and O–H groups in total. The van der Waals surface area contributed by atoms with Crippen LogP contribution in [-0.4, -0.2) is 60.2 Å². The van der Waals surface area contributed by atoms with Gasteiger partial charge in [0.2, 0.25) is 5.76 Å². The van der Waals surface area contributed by atoms with Crippen molar-refractivity contribution in [2.45, 2.75) is 12.5 Å². The molecule has 8 heteroatoms. The zero-order valence-electron chi connectivity index (χ0n) is 17.4. The van der Waals surface area contributed by atoms with Gasteiger partial charge in [-0.2, -0.15) is 0 Å². The van der Waals surface area contributed by atoms with Crippen LogP contribution < -0.4 is 5.43 Å². The Morgan fingerprint density at radius 1 is 1.06 bits per heavy atom. The van der Waals surface area contributed by atoms with E-state index in [0.29, 0.717) is 46.9 Å². The number of phenolic OH excluding ortho intramolecular Hbond substituents is 1. The van der Waals surface area contributed by atoms with Crippen LogP contribution in [0.1, 0.15) is 34.1 Å². The highest BCUT2D eigenvalue weighted by Crippen LogP contribution is 2.39. The zero-order chi connectivity index (χ0) is 22.2. The Morgan fingerprint density at radius 2 is 1.88 bits per heavy atom. The van der Waals surface area contributed by atoms with Crippen molar-refractivity contribution in [3.05, 3.63) is 74.6 Å². The van der Waals surface area contributed by atoms with E-state index in [2.05, 4.69) is 4.90 Å². The van der Waals surface area contributed by atoms with Gasteiger partial charge in [-0.3, -0.25) is 14.5 Å². The van der Waals surface area contributed by atoms with Crippen LogP contribution in [0.15, 0.2) is 51.7 Å². The smallest absolute Gasteiger partial charge is 0.290 e. The van der Waals surface area contributed by atoms with Crippen LogP contribution in [-0.2, 0) is 4.74 Å². The quantitative estimate of drug-likeness (QED) is 0.636. The van der Waals surface area contributed by atoms with Gasteiger partial charge in [-0.05, 0) is 42.3 Å². The lowest BCUT2D eigenvalue weighted by atomic mass is 9.98. The van der Waals surface area contributed by atoms with E-state index in [0.717, 1.165) is 26.1 Å². The summed E-state index contributed by atoms with van der Waals surface area (Å²) < 4.78 is 11.3. The minimum Gasteiger partial charge on any atom is -0.508 e. The van der Waals surface area contributed by atoms with E-state index in [1.165, 1.54) is 0 Å². The van der Waals surface area contributed by atoms with Crippen LogP contribution in [0.3, 0.4) is 0 Å². The number of carbonyl (C=O) groups is 1. The fourth-order valence-corrected chi connectivity index (χ4v) is 4.73. The predicted molar refractivity (Wildman–Crippen MR) is 120 cm³/mol. The number of nitrogens with zero attached hydrogens (tertiary/aromatic N) is 2. The third-order valence-electron chi connectivity index (χ3n) is 6.09. The number of morpholine rings is 1. The first-order valence-electron chi connectivity index (χ1n) is 10.7. The van der Waals surface area contributed by atoms with Gasteiger partial charge in [0.15, 0.2) is 5.43 Å². The molecule has 2 aliphatic rings. The highest BCUT2D eigenvalue weighted by Gasteiger charge is 2.42. The summed E-state index contributed by atoms with van der Waals surface area (Å²) in [6.07, 6.45) is 0.745. The van der Waals surface area contributed by atoms with Crippen molar-refractivity contribution in [1.29, 1.82) is 0 Å². The summed E-state index contributed by atoms with van der Waals surface area (Å²) in [7, 11) is 0. The van der Waals surface area contributed by atoms with Crippen LogP contribution >= 0.6 is 11.6 Å². The van der Waals surface area contributed by atoms with Crippen molar-refractivity contribution in [1.82, 2.24) is 9.80 Å². The lowest BCUT2D eigenvalue weighted by Gasteiger charge is -2.29. The second-order valence-corrected chi connectivity index (χ2v) is 8.55. The Hall–Kier alpha value is -2.87. The Balaban J connectivity index is 1.54. The van der Waals surface area contributed by atoms with Crippen LogP contribution in [0.5, 0.6) is 5.75 Å². The molecule has 3 heterocycles. The summed E-state index contributed by atoms with van der Waals surface area (Å²) >= 11 is 6.11. The van der Waals surface area contributed by atoms with Gasteiger partial charge in [0, 0.05) is 31.2 Å². The first kappa shape index (κ1) is 21.0. The summed E-state index contributed by atoms with van der Waals surface area (Å²) in [6, 6.07) is 10.8. The SMILES string of the molecule is O=C1c2oc3ccc(Cl)cc3c(=O)c2[C@H](c2cccc(O)c2)N1CCCN1CCOCC1. The van der Waals surface area contributed by atoms with Gasteiger partial charge in [-0.1, -0.05) is 23.7 Å². The van der Waals surface area contributed by atoms with E-state index in [4.69, 9.17) is 20.8 Å². The highest BCUT2D eigenvalue weighted by molar-refractivity contribution is 6.31. The lowest BCUT2D eigenvalue weighted by molar-refractivity contribution is 0.0353. The third-order valence-corrected chi connectivity index (χ3v) is 6.33. The van der Waals surface area contributed by atoms with Crippen molar-refractivity contribution in [3.8, 4) is 5.75 Å². The number of hydrogen-bond acceptors (Lipinski definition) is 6. The summed E-state index contributed by atoms with van der Waals surface area (Å²) in [6.45, 7) is 4.46. The average Bonchev–Trinajstić information content (AvgIpc) is 3.07. The fourth-order valence-electron chi connectivity index (χ4n) is 4.55. The molecule has 5 rings (SSSR count). The van der Waals surface area contributed by atoms with Crippen LogP contribution in [0.2, 0.25) is 5.02 Å². The van der Waals surface area contributed by atoms with E-state index in [1.807, 2.05) is 6.07 Å². The number of amides is 1. The molecule has 1 aromatic heterocycles. The van der Waals surface area contributed by atoms with Gasteiger partial charge in [0.05, 0.1) is 30.2 Å². The summed E-state index contributed by atoms with van der Waals surface area (Å²) in [4.78, 5) is 30.8. The predicted octanol–water partition coefficient (Wildman–Crippen LogP) is 3.42. The van der Waals surface area contributed by atoms with Crippen LogP contribution in [0.25, 0.3) is 11.0 Å². The van der Waals surface area contributed by atoms with Crippen LogP contribution in [0, 0.1) is 0 Å². The minimum absolute atomic E-state index is 0.0598. The molecule has 1 amide bonds. The number of fused-ring (bicyclic) bond motifs is 2. The molecule has 0 spiro atoms. The summed E-state index contributed by atoms with van der Waals surface area (Å²) in [5, 5.41) is 10.8. The number of aromatic hydroxyl groups is 1.